The Labute approximate surface area is 215 Å². The Morgan fingerprint density at radius 2 is 2.11 bits per heavy atom. The van der Waals surface area contributed by atoms with Crippen molar-refractivity contribution in [1.82, 2.24) is 9.80 Å². The molecule has 0 bridgehead atoms. The summed E-state index contributed by atoms with van der Waals surface area (Å²) in [4.78, 5) is 31.7. The van der Waals surface area contributed by atoms with Crippen molar-refractivity contribution in [3.05, 3.63) is 75.4 Å². The van der Waals surface area contributed by atoms with E-state index in [4.69, 9.17) is 13.9 Å². The first-order chi connectivity index (χ1) is 17.5. The van der Waals surface area contributed by atoms with Crippen molar-refractivity contribution in [2.75, 3.05) is 32.8 Å². The minimum atomic E-state index is -0.292. The second-order valence-corrected chi connectivity index (χ2v) is 10.5. The Bertz CT molecular complexity index is 1200. The summed E-state index contributed by atoms with van der Waals surface area (Å²) in [5, 5.41) is 2.08. The van der Waals surface area contributed by atoms with Crippen molar-refractivity contribution in [3.8, 4) is 5.75 Å². The molecule has 2 atom stereocenters. The van der Waals surface area contributed by atoms with E-state index in [-0.39, 0.29) is 36.3 Å². The molecule has 2 aliphatic heterocycles. The van der Waals surface area contributed by atoms with Gasteiger partial charge in [0.2, 0.25) is 5.91 Å². The van der Waals surface area contributed by atoms with Crippen molar-refractivity contribution in [2.24, 2.45) is 0 Å². The number of furan rings is 1. The van der Waals surface area contributed by atoms with E-state index in [2.05, 4.69) is 24.4 Å². The van der Waals surface area contributed by atoms with Crippen molar-refractivity contribution in [1.29, 1.82) is 0 Å². The van der Waals surface area contributed by atoms with Crippen LogP contribution in [0.4, 0.5) is 0 Å². The monoisotopic (exact) mass is 508 g/mol. The average Bonchev–Trinajstić information content (AvgIpc) is 3.65. The summed E-state index contributed by atoms with van der Waals surface area (Å²) in [5.74, 6) is 0.664. The third kappa shape index (κ3) is 5.34. The van der Waals surface area contributed by atoms with Gasteiger partial charge in [0.15, 0.2) is 5.76 Å². The van der Waals surface area contributed by atoms with Gasteiger partial charge in [-0.3, -0.25) is 9.59 Å². The number of benzene rings is 1. The lowest BCUT2D eigenvalue weighted by Crippen LogP contribution is -2.49. The van der Waals surface area contributed by atoms with E-state index in [0.29, 0.717) is 26.3 Å². The molecule has 2 amide bonds. The highest BCUT2D eigenvalue weighted by atomic mass is 32.1. The van der Waals surface area contributed by atoms with Gasteiger partial charge >= 0.3 is 0 Å². The lowest BCUT2D eigenvalue weighted by molar-refractivity contribution is -0.135. The molecule has 0 unspecified atom stereocenters. The number of thiophene rings is 1. The third-order valence-corrected chi connectivity index (χ3v) is 7.93. The summed E-state index contributed by atoms with van der Waals surface area (Å²) in [6.45, 7) is 6.07. The van der Waals surface area contributed by atoms with E-state index in [0.717, 1.165) is 36.1 Å². The molecule has 7 nitrogen and oxygen atoms in total. The van der Waals surface area contributed by atoms with Crippen LogP contribution in [0, 0.1) is 13.8 Å². The summed E-state index contributed by atoms with van der Waals surface area (Å²) in [6.07, 6.45) is 4.06. The number of hydrogen-bond acceptors (Lipinski definition) is 6. The summed E-state index contributed by atoms with van der Waals surface area (Å²) in [6, 6.07) is 11.3. The van der Waals surface area contributed by atoms with E-state index in [1.54, 1.807) is 28.4 Å². The maximum atomic E-state index is 13.7. The standard InChI is InChI=1S/C28H32N2O5S/c1-19-7-8-24(20(2)15-19)35-18-23-22-10-14-36-26(22)9-11-30(23)27(31)17-29(16-21-5-3-12-33-21)28(32)25-6-4-13-34-25/h4,6-8,10,13-15,21,23H,3,5,9,11-12,16-18H2,1-2H3/t21-,23+/m1/s1. The molecule has 3 aromatic rings. The van der Waals surface area contributed by atoms with Crippen LogP contribution in [0.5, 0.6) is 5.75 Å². The van der Waals surface area contributed by atoms with E-state index in [1.807, 2.05) is 24.0 Å². The van der Waals surface area contributed by atoms with Crippen molar-refractivity contribution in [3.63, 3.8) is 0 Å². The number of hydrogen-bond donors (Lipinski definition) is 0. The van der Waals surface area contributed by atoms with Crippen LogP contribution >= 0.6 is 11.3 Å². The van der Waals surface area contributed by atoms with Gasteiger partial charge in [0.25, 0.3) is 5.91 Å². The van der Waals surface area contributed by atoms with Gasteiger partial charge < -0.3 is 23.7 Å². The molecule has 0 saturated carbocycles. The fourth-order valence-corrected chi connectivity index (χ4v) is 6.00. The molecule has 8 heteroatoms. The predicted octanol–water partition coefficient (Wildman–Crippen LogP) is 4.78. The molecule has 1 saturated heterocycles. The largest absolute Gasteiger partial charge is 0.491 e. The van der Waals surface area contributed by atoms with Gasteiger partial charge in [-0.25, -0.2) is 0 Å². The second-order valence-electron chi connectivity index (χ2n) is 9.53. The third-order valence-electron chi connectivity index (χ3n) is 6.94. The highest BCUT2D eigenvalue weighted by Gasteiger charge is 2.35. The van der Waals surface area contributed by atoms with Gasteiger partial charge in [-0.2, -0.15) is 0 Å². The van der Waals surface area contributed by atoms with E-state index >= 15 is 0 Å². The van der Waals surface area contributed by atoms with Crippen LogP contribution in [0.3, 0.4) is 0 Å². The quantitative estimate of drug-likeness (QED) is 0.438. The Morgan fingerprint density at radius 1 is 1.22 bits per heavy atom. The van der Waals surface area contributed by atoms with Gasteiger partial charge in [-0.15, -0.1) is 11.3 Å². The number of ether oxygens (including phenoxy) is 2. The number of amides is 2. The minimum absolute atomic E-state index is 0.0288. The Kier molecular flexibility index (Phi) is 7.43. The molecule has 0 N–H and O–H groups in total. The molecule has 2 aromatic heterocycles. The molecule has 1 fully saturated rings. The molecular weight excluding hydrogens is 476 g/mol. The zero-order valence-electron chi connectivity index (χ0n) is 20.8. The van der Waals surface area contributed by atoms with Crippen molar-refractivity contribution < 1.29 is 23.5 Å². The highest BCUT2D eigenvalue weighted by Crippen LogP contribution is 2.34. The Morgan fingerprint density at radius 3 is 2.86 bits per heavy atom. The van der Waals surface area contributed by atoms with Crippen molar-refractivity contribution >= 4 is 23.2 Å². The summed E-state index contributed by atoms with van der Waals surface area (Å²) in [7, 11) is 0. The van der Waals surface area contributed by atoms with Crippen LogP contribution in [0.1, 0.15) is 51.0 Å². The predicted molar refractivity (Wildman–Crippen MR) is 137 cm³/mol. The summed E-state index contributed by atoms with van der Waals surface area (Å²) in [5.41, 5.74) is 3.38. The minimum Gasteiger partial charge on any atom is -0.491 e. The maximum absolute atomic E-state index is 13.7. The number of nitrogens with zero attached hydrogens (tertiary/aromatic N) is 2. The molecule has 2 aliphatic rings. The number of carbonyl (C=O) groups excluding carboxylic acids is 2. The number of aryl methyl sites for hydroxylation is 2. The second kappa shape index (κ2) is 10.9. The van der Waals surface area contributed by atoms with Crippen LogP contribution in [-0.2, 0) is 16.0 Å². The Hall–Kier alpha value is -3.10. The van der Waals surface area contributed by atoms with Gasteiger partial charge in [-0.1, -0.05) is 17.7 Å². The molecule has 190 valence electrons. The average molecular weight is 509 g/mol. The molecule has 0 radical (unpaired) electrons. The zero-order chi connectivity index (χ0) is 25.1. The Balaban J connectivity index is 1.34. The lowest BCUT2D eigenvalue weighted by atomic mass is 10.00. The van der Waals surface area contributed by atoms with Crippen LogP contribution in [0.15, 0.2) is 52.5 Å². The molecule has 1 aromatic carbocycles. The lowest BCUT2D eigenvalue weighted by Gasteiger charge is -2.37. The zero-order valence-corrected chi connectivity index (χ0v) is 21.6. The normalized spacial score (nSPS) is 19.2. The first-order valence-electron chi connectivity index (χ1n) is 12.5. The molecule has 36 heavy (non-hydrogen) atoms. The highest BCUT2D eigenvalue weighted by molar-refractivity contribution is 7.10. The fraction of sp³-hybridized carbons (Fsp3) is 0.429. The summed E-state index contributed by atoms with van der Waals surface area (Å²) >= 11 is 1.72. The number of carbonyl (C=O) groups is 2. The smallest absolute Gasteiger partial charge is 0.290 e. The molecule has 4 heterocycles. The molecule has 5 rings (SSSR count). The molecular formula is C28H32N2O5S. The molecule has 0 aliphatic carbocycles. The van der Waals surface area contributed by atoms with E-state index in [1.165, 1.54) is 16.7 Å². The topological polar surface area (TPSA) is 72.2 Å². The van der Waals surface area contributed by atoms with Crippen LogP contribution in [-0.4, -0.2) is 60.6 Å². The maximum Gasteiger partial charge on any atom is 0.290 e. The first kappa shape index (κ1) is 24.6. The van der Waals surface area contributed by atoms with Crippen LogP contribution in [0.25, 0.3) is 0 Å². The number of fused-ring (bicyclic) bond motifs is 1. The summed E-state index contributed by atoms with van der Waals surface area (Å²) < 4.78 is 17.4. The first-order valence-corrected chi connectivity index (χ1v) is 13.4. The van der Waals surface area contributed by atoms with Gasteiger partial charge in [0, 0.05) is 24.6 Å². The SMILES string of the molecule is Cc1ccc(OC[C@H]2c3ccsc3CCN2C(=O)CN(C[C@H]2CCCO2)C(=O)c2ccco2)c(C)c1. The van der Waals surface area contributed by atoms with E-state index in [9.17, 15) is 9.59 Å². The van der Waals surface area contributed by atoms with Crippen LogP contribution in [0.2, 0.25) is 0 Å². The van der Waals surface area contributed by atoms with Gasteiger partial charge in [0.05, 0.1) is 18.4 Å². The van der Waals surface area contributed by atoms with Crippen molar-refractivity contribution in [2.45, 2.75) is 45.3 Å². The van der Waals surface area contributed by atoms with E-state index < -0.39 is 0 Å². The molecule has 0 spiro atoms. The van der Waals surface area contributed by atoms with Gasteiger partial charge in [0.1, 0.15) is 18.9 Å². The van der Waals surface area contributed by atoms with Crippen LogP contribution < -0.4 is 4.74 Å². The fourth-order valence-electron chi connectivity index (χ4n) is 5.07. The van der Waals surface area contributed by atoms with Gasteiger partial charge in [-0.05, 0) is 73.9 Å². The number of rotatable bonds is 8.